The Morgan fingerprint density at radius 3 is 2.26 bits per heavy atom. The Balaban J connectivity index is 0.00000200. The molecule has 3 rings (SSSR count). The highest BCUT2D eigenvalue weighted by Gasteiger charge is 2.16. The molecular weight excluding hydrogens is 520 g/mol. The Kier molecular flexibility index (Phi) is 19.0. The normalized spacial score (nSPS) is 10.3. The van der Waals surface area contributed by atoms with E-state index in [4.69, 9.17) is 9.83 Å². The molecule has 230 valence electrons. The van der Waals surface area contributed by atoms with E-state index in [2.05, 4.69) is 56.0 Å². The summed E-state index contributed by atoms with van der Waals surface area (Å²) in [5, 5.41) is 6.39. The monoisotopic (exact) mass is 574 g/mol. The first kappa shape index (κ1) is 36.3. The van der Waals surface area contributed by atoms with Crippen LogP contribution in [-0.2, 0) is 12.8 Å². The van der Waals surface area contributed by atoms with Gasteiger partial charge in [-0.05, 0) is 86.6 Å². The second-order valence-corrected chi connectivity index (χ2v) is 10.0. The van der Waals surface area contributed by atoms with Crippen LogP contribution in [0.25, 0.3) is 0 Å². The zero-order valence-corrected chi connectivity index (χ0v) is 26.7. The van der Waals surface area contributed by atoms with Gasteiger partial charge in [0.2, 0.25) is 5.78 Å². The number of benzene rings is 2. The Morgan fingerprint density at radius 1 is 0.905 bits per heavy atom. The Bertz CT molecular complexity index is 1220. The Hall–Kier alpha value is -3.73. The molecule has 1 heterocycles. The highest BCUT2D eigenvalue weighted by atomic mass is 16.3. The van der Waals surface area contributed by atoms with Crippen molar-refractivity contribution in [3.63, 3.8) is 0 Å². The van der Waals surface area contributed by atoms with Gasteiger partial charge in [-0.1, -0.05) is 76.9 Å². The summed E-state index contributed by atoms with van der Waals surface area (Å²) in [6.07, 6.45) is 13.0. The number of anilines is 1. The van der Waals surface area contributed by atoms with Gasteiger partial charge in [0.15, 0.2) is 11.5 Å². The van der Waals surface area contributed by atoms with Crippen LogP contribution in [0.1, 0.15) is 112 Å². The third-order valence-electron chi connectivity index (χ3n) is 6.80. The van der Waals surface area contributed by atoms with Gasteiger partial charge < -0.3 is 14.7 Å². The second-order valence-electron chi connectivity index (χ2n) is 10.0. The van der Waals surface area contributed by atoms with E-state index >= 15 is 0 Å². The minimum absolute atomic E-state index is 0. The number of furan rings is 1. The number of Topliss-reactive ketones (excluding diaryl/α,β-unsaturated/α-hetero) is 2. The van der Waals surface area contributed by atoms with Gasteiger partial charge in [-0.2, -0.15) is 0 Å². The third-order valence-corrected chi connectivity index (χ3v) is 6.80. The lowest BCUT2D eigenvalue weighted by molar-refractivity contribution is 0.0959. The van der Waals surface area contributed by atoms with Crippen LogP contribution in [0, 0.1) is 12.3 Å². The molecule has 2 aromatic carbocycles. The molecule has 0 atom stereocenters. The van der Waals surface area contributed by atoms with Crippen LogP contribution in [0.3, 0.4) is 0 Å². The van der Waals surface area contributed by atoms with E-state index in [9.17, 15) is 9.59 Å². The molecular formula is C37H54N2O3. The number of rotatable bonds is 16. The van der Waals surface area contributed by atoms with Crippen LogP contribution in [0.5, 0.6) is 0 Å². The summed E-state index contributed by atoms with van der Waals surface area (Å²) in [6, 6.07) is 17.9. The molecule has 0 spiro atoms. The van der Waals surface area contributed by atoms with Crippen molar-refractivity contribution in [2.45, 2.75) is 92.9 Å². The molecule has 5 nitrogen and oxygen atoms in total. The van der Waals surface area contributed by atoms with Crippen molar-refractivity contribution < 1.29 is 15.4 Å². The topological polar surface area (TPSA) is 74.4 Å². The first-order chi connectivity index (χ1) is 20.4. The minimum Gasteiger partial charge on any atom is -0.461 e. The van der Waals surface area contributed by atoms with Crippen molar-refractivity contribution in [3.8, 4) is 0 Å². The fourth-order valence-corrected chi connectivity index (χ4v) is 4.68. The van der Waals surface area contributed by atoms with E-state index in [1.807, 2.05) is 39.0 Å². The zero-order valence-electron chi connectivity index (χ0n) is 26.7. The van der Waals surface area contributed by atoms with Gasteiger partial charge in [0.25, 0.3) is 0 Å². The molecule has 0 bridgehead atoms. The van der Waals surface area contributed by atoms with Crippen LogP contribution in [0.4, 0.5) is 5.69 Å². The molecule has 0 radical (unpaired) electrons. The number of hydrogen-bond donors (Lipinski definition) is 1. The van der Waals surface area contributed by atoms with E-state index in [-0.39, 0.29) is 19.4 Å². The van der Waals surface area contributed by atoms with Crippen molar-refractivity contribution in [2.24, 2.45) is 0 Å². The fraction of sp³-hybridized carbons (Fsp3) is 0.432. The third kappa shape index (κ3) is 12.8. The lowest BCUT2D eigenvalue weighted by Crippen LogP contribution is -2.26. The summed E-state index contributed by atoms with van der Waals surface area (Å²) < 4.78 is 5.33. The van der Waals surface area contributed by atoms with Gasteiger partial charge >= 0.3 is 0 Å². The molecule has 42 heavy (non-hydrogen) atoms. The number of nitrogens with one attached hydrogen (secondary N) is 1. The second kappa shape index (κ2) is 21.9. The maximum atomic E-state index is 12.8. The maximum absolute atomic E-state index is 12.8. The minimum atomic E-state index is -0.0562. The largest absolute Gasteiger partial charge is 0.461 e. The maximum Gasteiger partial charge on any atom is 0.202 e. The highest BCUT2D eigenvalue weighted by Crippen LogP contribution is 2.22. The molecule has 0 aliphatic carbocycles. The number of carbonyl (C=O) groups is 2. The molecule has 5 heteroatoms. The molecule has 0 saturated heterocycles. The number of para-hydroxylation sites is 1. The van der Waals surface area contributed by atoms with Crippen LogP contribution < -0.4 is 4.90 Å². The van der Waals surface area contributed by atoms with Crippen LogP contribution >= 0.6 is 0 Å². The molecule has 3 aromatic rings. The van der Waals surface area contributed by atoms with Crippen molar-refractivity contribution in [1.29, 1.82) is 5.41 Å². The van der Waals surface area contributed by atoms with Gasteiger partial charge in [-0.3, -0.25) is 9.59 Å². The molecule has 0 amide bonds. The van der Waals surface area contributed by atoms with Gasteiger partial charge in [-0.25, -0.2) is 0 Å². The number of nitrogens with zero attached hydrogens (tertiary/aromatic N) is 1. The van der Waals surface area contributed by atoms with Crippen molar-refractivity contribution in [2.75, 3.05) is 18.0 Å². The number of unbranched alkanes of at least 4 members (excludes halogenated alkanes) is 2. The molecule has 1 N–H and O–H groups in total. The fourth-order valence-electron chi connectivity index (χ4n) is 4.68. The lowest BCUT2D eigenvalue weighted by Gasteiger charge is -2.26. The summed E-state index contributed by atoms with van der Waals surface area (Å²) in [5.41, 5.74) is 5.36. The Morgan fingerprint density at radius 2 is 1.67 bits per heavy atom. The van der Waals surface area contributed by atoms with Crippen LogP contribution in [-0.4, -0.2) is 30.9 Å². The smallest absolute Gasteiger partial charge is 0.202 e. The molecule has 0 fully saturated rings. The quantitative estimate of drug-likeness (QED) is 0.105. The summed E-state index contributed by atoms with van der Waals surface area (Å²) in [6.45, 7) is 14.3. The molecule has 0 aliphatic heterocycles. The predicted octanol–water partition coefficient (Wildman–Crippen LogP) is 10.1. The first-order valence-corrected chi connectivity index (χ1v) is 15.6. The van der Waals surface area contributed by atoms with Gasteiger partial charge in [0.05, 0.1) is 6.26 Å². The van der Waals surface area contributed by atoms with E-state index in [1.165, 1.54) is 23.7 Å². The number of hydrogen-bond acceptors (Lipinski definition) is 5. The van der Waals surface area contributed by atoms with E-state index in [0.717, 1.165) is 62.7 Å². The van der Waals surface area contributed by atoms with Crippen molar-refractivity contribution in [3.05, 3.63) is 101 Å². The number of allylic oxidation sites excluding steroid dienone is 2. The van der Waals surface area contributed by atoms with Crippen molar-refractivity contribution >= 4 is 23.5 Å². The van der Waals surface area contributed by atoms with Gasteiger partial charge in [-0.15, -0.1) is 0 Å². The molecule has 1 aromatic heterocycles. The van der Waals surface area contributed by atoms with Gasteiger partial charge in [0.1, 0.15) is 0 Å². The first-order valence-electron chi connectivity index (χ1n) is 15.6. The lowest BCUT2D eigenvalue weighted by atomic mass is 9.93. The van der Waals surface area contributed by atoms with Crippen LogP contribution in [0.15, 0.2) is 77.4 Å². The summed E-state index contributed by atoms with van der Waals surface area (Å²) in [4.78, 5) is 28.0. The number of ketones is 2. The highest BCUT2D eigenvalue weighted by molar-refractivity contribution is 5.98. The average molecular weight is 575 g/mol. The average Bonchev–Trinajstić information content (AvgIpc) is 3.55. The van der Waals surface area contributed by atoms with Gasteiger partial charge in [0, 0.05) is 44.8 Å². The molecule has 0 saturated carbocycles. The zero-order chi connectivity index (χ0) is 31.2. The predicted molar refractivity (Wildman–Crippen MR) is 181 cm³/mol. The summed E-state index contributed by atoms with van der Waals surface area (Å²) in [5.74, 6) is 0.467. The molecule has 0 aliphatic rings. The SMILES string of the molecule is C/C=C\C=N.CC.CCCCCC(=O)c1ccc(CCCN(CCC)c2ccccc2C)c(CC(=O)c2ccco2)c1.[HH]. The number of aryl methyl sites for hydroxylation is 2. The van der Waals surface area contributed by atoms with E-state index in [1.54, 1.807) is 18.2 Å². The Labute approximate surface area is 256 Å². The number of carbonyl (C=O) groups excluding carboxylic acids is 2. The molecule has 0 unspecified atom stereocenters. The van der Waals surface area contributed by atoms with Crippen LogP contribution in [0.2, 0.25) is 0 Å². The summed E-state index contributed by atoms with van der Waals surface area (Å²) >= 11 is 0. The van der Waals surface area contributed by atoms with E-state index in [0.29, 0.717) is 17.7 Å². The van der Waals surface area contributed by atoms with E-state index < -0.39 is 0 Å². The standard InChI is InChI=1S/C31H39NO3.C4H7N.C2H6.H2/c1-4-6-7-15-29(33)26-18-17-25(27(22-26)23-30(34)31-16-11-21-35-31)13-10-20-32(19-5-2)28-14-9-8-12-24(28)3;1-2-3-4-5;1-2;/h8-9,11-12,14,16-18,21-22H,4-7,10,13,15,19-20,23H2,1-3H3;2-5H,1H3;1-2H3;1H/b;3-2-,5-4?;;. The van der Waals surface area contributed by atoms with Crippen molar-refractivity contribution in [1.82, 2.24) is 0 Å². The summed E-state index contributed by atoms with van der Waals surface area (Å²) in [7, 11) is 0.